The summed E-state index contributed by atoms with van der Waals surface area (Å²) < 4.78 is 0.653. The highest BCUT2D eigenvalue weighted by Gasteiger charge is 2.14. The van der Waals surface area contributed by atoms with Gasteiger partial charge in [-0.25, -0.2) is 4.98 Å². The molecule has 0 radical (unpaired) electrons. The molecular weight excluding hydrogens is 216 g/mol. The highest BCUT2D eigenvalue weighted by Crippen LogP contribution is 2.25. The SMILES string of the molecule is CC(Sc1nc(=N)ss1)C(=O)O. The molecule has 0 fully saturated rings. The second-order valence-electron chi connectivity index (χ2n) is 1.95. The van der Waals surface area contributed by atoms with Crippen LogP contribution in [0.2, 0.25) is 0 Å². The Morgan fingerprint density at radius 2 is 2.42 bits per heavy atom. The summed E-state index contributed by atoms with van der Waals surface area (Å²) in [4.78, 5) is 14.5. The molecular formula is C5H6N2O2S3. The van der Waals surface area contributed by atoms with Crippen molar-refractivity contribution in [2.24, 2.45) is 0 Å². The Hall–Kier alpha value is -0.400. The summed E-state index contributed by atoms with van der Waals surface area (Å²) in [5, 5.41) is 15.2. The Morgan fingerprint density at radius 1 is 1.75 bits per heavy atom. The van der Waals surface area contributed by atoms with Gasteiger partial charge in [-0.05, 0) is 27.6 Å². The lowest BCUT2D eigenvalue weighted by Crippen LogP contribution is -2.11. The Balaban J connectivity index is 2.64. The number of carbonyl (C=O) groups is 1. The molecule has 12 heavy (non-hydrogen) atoms. The van der Waals surface area contributed by atoms with Gasteiger partial charge in [-0.1, -0.05) is 11.8 Å². The molecule has 66 valence electrons. The first kappa shape index (κ1) is 9.69. The summed E-state index contributed by atoms with van der Waals surface area (Å²) >= 11 is 1.17. The maximum Gasteiger partial charge on any atom is 0.316 e. The predicted molar refractivity (Wildman–Crippen MR) is 48.8 cm³/mol. The van der Waals surface area contributed by atoms with Gasteiger partial charge in [0.15, 0.2) is 4.34 Å². The minimum atomic E-state index is -0.855. The molecule has 1 rings (SSSR count). The van der Waals surface area contributed by atoms with E-state index in [-0.39, 0.29) is 4.80 Å². The van der Waals surface area contributed by atoms with Gasteiger partial charge in [0.05, 0.1) is 0 Å². The van der Waals surface area contributed by atoms with Crippen LogP contribution in [0, 0.1) is 5.41 Å². The van der Waals surface area contributed by atoms with Crippen LogP contribution in [0.5, 0.6) is 0 Å². The van der Waals surface area contributed by atoms with Crippen molar-refractivity contribution in [2.75, 3.05) is 0 Å². The molecule has 0 saturated carbocycles. The fourth-order valence-corrected chi connectivity index (χ4v) is 3.44. The standard InChI is InChI=1S/C5H6N2O2S3/c1-2(3(8)9)10-5-7-4(6)11-12-5/h2,6H,1H3,(H,8,9). The molecule has 4 nitrogen and oxygen atoms in total. The Labute approximate surface area is 80.2 Å². The van der Waals surface area contributed by atoms with Crippen LogP contribution in [0.3, 0.4) is 0 Å². The van der Waals surface area contributed by atoms with E-state index in [0.717, 1.165) is 0 Å². The van der Waals surface area contributed by atoms with E-state index in [1.807, 2.05) is 0 Å². The lowest BCUT2D eigenvalue weighted by Gasteiger charge is -1.99. The van der Waals surface area contributed by atoms with E-state index in [1.54, 1.807) is 6.92 Å². The summed E-state index contributed by atoms with van der Waals surface area (Å²) in [5.41, 5.74) is 0. The van der Waals surface area contributed by atoms with Crippen molar-refractivity contribution in [3.63, 3.8) is 0 Å². The first-order valence-corrected chi connectivity index (χ1v) is 6.04. The van der Waals surface area contributed by atoms with E-state index in [9.17, 15) is 4.79 Å². The predicted octanol–water partition coefficient (Wildman–Crippen LogP) is 1.25. The van der Waals surface area contributed by atoms with Crippen molar-refractivity contribution < 1.29 is 9.90 Å². The molecule has 0 aliphatic rings. The van der Waals surface area contributed by atoms with Crippen LogP contribution in [0.4, 0.5) is 0 Å². The minimum Gasteiger partial charge on any atom is -0.480 e. The maximum absolute atomic E-state index is 10.4. The van der Waals surface area contributed by atoms with Gasteiger partial charge in [0.25, 0.3) is 0 Å². The van der Waals surface area contributed by atoms with E-state index < -0.39 is 11.2 Å². The molecule has 1 aromatic heterocycles. The van der Waals surface area contributed by atoms with Crippen molar-refractivity contribution in [3.05, 3.63) is 4.80 Å². The third kappa shape index (κ3) is 2.58. The average Bonchev–Trinajstić information content (AvgIpc) is 2.35. The molecule has 7 heteroatoms. The molecule has 0 aliphatic carbocycles. The minimum absolute atomic E-state index is 0.236. The zero-order chi connectivity index (χ0) is 9.14. The van der Waals surface area contributed by atoms with Gasteiger partial charge in [-0.2, -0.15) is 0 Å². The van der Waals surface area contributed by atoms with E-state index >= 15 is 0 Å². The normalized spacial score (nSPS) is 12.8. The van der Waals surface area contributed by atoms with E-state index in [1.165, 1.54) is 32.4 Å². The second kappa shape index (κ2) is 4.01. The number of nitrogens with zero attached hydrogens (tertiary/aromatic N) is 1. The highest BCUT2D eigenvalue weighted by atomic mass is 32.9. The van der Waals surface area contributed by atoms with Crippen molar-refractivity contribution in [3.8, 4) is 0 Å². The van der Waals surface area contributed by atoms with Crippen LogP contribution in [0.25, 0.3) is 0 Å². The molecule has 0 saturated heterocycles. The monoisotopic (exact) mass is 222 g/mol. The number of aliphatic carboxylic acids is 1. The summed E-state index contributed by atoms with van der Waals surface area (Å²) in [6.45, 7) is 1.60. The first-order chi connectivity index (χ1) is 5.59. The number of carboxylic acids is 1. The van der Waals surface area contributed by atoms with Gasteiger partial charge in [0, 0.05) is 0 Å². The maximum atomic E-state index is 10.4. The lowest BCUT2D eigenvalue weighted by molar-refractivity contribution is -0.136. The largest absolute Gasteiger partial charge is 0.480 e. The fourth-order valence-electron chi connectivity index (χ4n) is 0.443. The van der Waals surface area contributed by atoms with Gasteiger partial charge < -0.3 is 5.11 Å². The Kier molecular flexibility index (Phi) is 3.24. The molecule has 1 unspecified atom stereocenters. The zero-order valence-corrected chi connectivity index (χ0v) is 8.55. The third-order valence-corrected chi connectivity index (χ3v) is 4.48. The van der Waals surface area contributed by atoms with Gasteiger partial charge in [-0.15, -0.1) is 0 Å². The summed E-state index contributed by atoms with van der Waals surface area (Å²) in [7, 11) is 2.58. The quantitative estimate of drug-likeness (QED) is 0.596. The second-order valence-corrected chi connectivity index (χ2v) is 5.64. The van der Waals surface area contributed by atoms with Crippen molar-refractivity contribution in [2.45, 2.75) is 16.5 Å². The van der Waals surface area contributed by atoms with Crippen LogP contribution in [-0.4, -0.2) is 21.3 Å². The fraction of sp³-hybridized carbons (Fsp3) is 0.400. The smallest absolute Gasteiger partial charge is 0.316 e. The van der Waals surface area contributed by atoms with Gasteiger partial charge >= 0.3 is 5.97 Å². The van der Waals surface area contributed by atoms with Gasteiger partial charge in [0.2, 0.25) is 4.80 Å². The zero-order valence-electron chi connectivity index (χ0n) is 6.10. The number of rotatable bonds is 3. The third-order valence-electron chi connectivity index (χ3n) is 1.01. The van der Waals surface area contributed by atoms with Crippen molar-refractivity contribution in [1.29, 1.82) is 5.41 Å². The number of nitrogens with one attached hydrogen (secondary N) is 1. The molecule has 2 N–H and O–H groups in total. The molecule has 0 aliphatic heterocycles. The van der Waals surface area contributed by atoms with E-state index in [4.69, 9.17) is 10.5 Å². The summed E-state index contributed by atoms with van der Waals surface area (Å²) in [6, 6.07) is 0. The van der Waals surface area contributed by atoms with E-state index in [2.05, 4.69) is 4.98 Å². The molecule has 1 atom stereocenters. The number of hydrogen-bond donors (Lipinski definition) is 2. The number of carboxylic acid groups (broad SMARTS) is 1. The lowest BCUT2D eigenvalue weighted by atomic mass is 10.5. The van der Waals surface area contributed by atoms with E-state index in [0.29, 0.717) is 4.34 Å². The molecule has 1 heterocycles. The number of thioether (sulfide) groups is 1. The number of hydrogen-bond acceptors (Lipinski definition) is 6. The highest BCUT2D eigenvalue weighted by molar-refractivity contribution is 8.03. The van der Waals surface area contributed by atoms with Crippen LogP contribution >= 0.6 is 32.4 Å². The van der Waals surface area contributed by atoms with Crippen molar-refractivity contribution in [1.82, 2.24) is 4.98 Å². The van der Waals surface area contributed by atoms with Crippen LogP contribution in [0.1, 0.15) is 6.92 Å². The number of aromatic nitrogens is 1. The molecule has 1 aromatic rings. The van der Waals surface area contributed by atoms with Gasteiger partial charge in [0.1, 0.15) is 5.25 Å². The van der Waals surface area contributed by atoms with Crippen LogP contribution < -0.4 is 4.80 Å². The van der Waals surface area contributed by atoms with Gasteiger partial charge in [-0.3, -0.25) is 10.2 Å². The Morgan fingerprint density at radius 3 is 2.83 bits per heavy atom. The molecule has 0 aromatic carbocycles. The summed E-state index contributed by atoms with van der Waals surface area (Å²) in [6.07, 6.45) is 0. The topological polar surface area (TPSA) is 74.0 Å². The van der Waals surface area contributed by atoms with Crippen LogP contribution in [0.15, 0.2) is 4.34 Å². The van der Waals surface area contributed by atoms with Crippen molar-refractivity contribution >= 4 is 38.4 Å². The average molecular weight is 222 g/mol. The van der Waals surface area contributed by atoms with Crippen LogP contribution in [-0.2, 0) is 4.79 Å². The Bertz CT molecular complexity index is 331. The molecule has 0 spiro atoms. The molecule has 0 amide bonds. The molecule has 0 bridgehead atoms. The summed E-state index contributed by atoms with van der Waals surface area (Å²) in [5.74, 6) is -0.855. The first-order valence-electron chi connectivity index (χ1n) is 3.01.